The minimum Gasteiger partial charge on any atom is -0.456 e. The predicted molar refractivity (Wildman–Crippen MR) is 225 cm³/mol. The van der Waals surface area contributed by atoms with Gasteiger partial charge in [-0.3, -0.25) is 0 Å². The first kappa shape index (κ1) is 31.0. The van der Waals surface area contributed by atoms with Gasteiger partial charge in [-0.2, -0.15) is 0 Å². The Kier molecular flexibility index (Phi) is 6.52. The second-order valence-corrected chi connectivity index (χ2v) is 14.6. The quantitative estimate of drug-likeness (QED) is 0.183. The van der Waals surface area contributed by atoms with Crippen molar-refractivity contribution in [3.8, 4) is 67.5 Å². The summed E-state index contributed by atoms with van der Waals surface area (Å²) in [7, 11) is 0. The molecular formula is C52H31N3O. The third kappa shape index (κ3) is 4.27. The largest absolute Gasteiger partial charge is 0.456 e. The SMILES string of the molecule is c1ccc(-c2nc(-c3ccc4oc5ccccc5c4c3)nc(-c3cccc4c3-c3ccccc3C43c4ccccc4-c4ccccc4-c4ccccc43)n2)cc1. The zero-order valence-electron chi connectivity index (χ0n) is 30.1. The number of benzene rings is 8. The highest BCUT2D eigenvalue weighted by atomic mass is 16.3. The normalized spacial score (nSPS) is 13.1. The first-order valence-electron chi connectivity index (χ1n) is 19.0. The summed E-state index contributed by atoms with van der Waals surface area (Å²) >= 11 is 0. The molecule has 0 atom stereocenters. The third-order valence-corrected chi connectivity index (χ3v) is 11.8. The molecule has 2 aromatic heterocycles. The summed E-state index contributed by atoms with van der Waals surface area (Å²) in [5, 5.41) is 2.10. The molecule has 0 amide bonds. The summed E-state index contributed by atoms with van der Waals surface area (Å²) in [6, 6.07) is 67.0. The highest BCUT2D eigenvalue weighted by molar-refractivity contribution is 6.06. The van der Waals surface area contributed by atoms with Crippen LogP contribution in [0.25, 0.3) is 89.5 Å². The van der Waals surface area contributed by atoms with Crippen LogP contribution in [0.2, 0.25) is 0 Å². The van der Waals surface area contributed by atoms with E-state index in [-0.39, 0.29) is 0 Å². The highest BCUT2D eigenvalue weighted by Gasteiger charge is 2.50. The van der Waals surface area contributed by atoms with Crippen LogP contribution in [0.4, 0.5) is 0 Å². The van der Waals surface area contributed by atoms with E-state index in [0.717, 1.165) is 44.2 Å². The number of nitrogens with zero attached hydrogens (tertiary/aromatic N) is 3. The molecule has 2 aliphatic rings. The fraction of sp³-hybridized carbons (Fsp3) is 0.0192. The molecule has 2 aliphatic carbocycles. The van der Waals surface area contributed by atoms with Gasteiger partial charge in [-0.1, -0.05) is 164 Å². The van der Waals surface area contributed by atoms with Gasteiger partial charge in [0.15, 0.2) is 17.5 Å². The number of hydrogen-bond acceptors (Lipinski definition) is 4. The summed E-state index contributed by atoms with van der Waals surface area (Å²) in [4.78, 5) is 15.8. The lowest BCUT2D eigenvalue weighted by molar-refractivity contribution is 0.669. The number of fused-ring (bicyclic) bond motifs is 15. The Bertz CT molecular complexity index is 3150. The van der Waals surface area contributed by atoms with Crippen molar-refractivity contribution in [2.24, 2.45) is 0 Å². The first-order chi connectivity index (χ1) is 27.8. The maximum Gasteiger partial charge on any atom is 0.164 e. The van der Waals surface area contributed by atoms with E-state index in [1.54, 1.807) is 0 Å². The number of hydrogen-bond donors (Lipinski definition) is 0. The van der Waals surface area contributed by atoms with Crippen LogP contribution in [0.1, 0.15) is 22.3 Å². The van der Waals surface area contributed by atoms with Gasteiger partial charge in [-0.05, 0) is 79.9 Å². The molecule has 0 radical (unpaired) electrons. The summed E-state index contributed by atoms with van der Waals surface area (Å²) < 4.78 is 6.19. The monoisotopic (exact) mass is 713 g/mol. The molecular weight excluding hydrogens is 683 g/mol. The smallest absolute Gasteiger partial charge is 0.164 e. The van der Waals surface area contributed by atoms with E-state index in [1.165, 1.54) is 50.1 Å². The molecule has 0 saturated heterocycles. The van der Waals surface area contributed by atoms with Gasteiger partial charge in [0, 0.05) is 27.5 Å². The lowest BCUT2D eigenvalue weighted by Gasteiger charge is -2.35. The second-order valence-electron chi connectivity index (χ2n) is 14.6. The molecule has 4 nitrogen and oxygen atoms in total. The number of aromatic nitrogens is 3. The van der Waals surface area contributed by atoms with Gasteiger partial charge in [0.05, 0.1) is 5.41 Å². The Morgan fingerprint density at radius 3 is 1.54 bits per heavy atom. The lowest BCUT2D eigenvalue weighted by Crippen LogP contribution is -2.29. The average Bonchev–Trinajstić information content (AvgIpc) is 3.76. The van der Waals surface area contributed by atoms with Crippen molar-refractivity contribution in [3.05, 3.63) is 210 Å². The number of furan rings is 1. The van der Waals surface area contributed by atoms with Gasteiger partial charge in [-0.15, -0.1) is 0 Å². The van der Waals surface area contributed by atoms with E-state index in [2.05, 4.69) is 146 Å². The molecule has 0 N–H and O–H groups in total. The number of para-hydroxylation sites is 1. The molecule has 2 heterocycles. The fourth-order valence-corrected chi connectivity index (χ4v) is 9.49. The van der Waals surface area contributed by atoms with Crippen LogP contribution in [-0.4, -0.2) is 15.0 Å². The third-order valence-electron chi connectivity index (χ3n) is 11.8. The average molecular weight is 714 g/mol. The molecule has 0 saturated carbocycles. The molecule has 0 unspecified atom stereocenters. The second kappa shape index (κ2) is 11.8. The molecule has 0 fully saturated rings. The van der Waals surface area contributed by atoms with E-state index in [1.807, 2.05) is 42.5 Å². The van der Waals surface area contributed by atoms with Crippen LogP contribution in [-0.2, 0) is 5.41 Å². The lowest BCUT2D eigenvalue weighted by atomic mass is 9.66. The minimum absolute atomic E-state index is 0.598. The van der Waals surface area contributed by atoms with Crippen molar-refractivity contribution in [2.45, 2.75) is 5.41 Å². The first-order valence-corrected chi connectivity index (χ1v) is 19.0. The molecule has 0 aliphatic heterocycles. The van der Waals surface area contributed by atoms with E-state index in [9.17, 15) is 0 Å². The van der Waals surface area contributed by atoms with Gasteiger partial charge in [0.1, 0.15) is 11.2 Å². The Labute approximate surface area is 323 Å². The van der Waals surface area contributed by atoms with Crippen molar-refractivity contribution in [3.63, 3.8) is 0 Å². The Balaban J connectivity index is 1.16. The zero-order chi connectivity index (χ0) is 36.8. The Hall–Kier alpha value is -7.43. The van der Waals surface area contributed by atoms with E-state index in [4.69, 9.17) is 19.4 Å². The van der Waals surface area contributed by atoms with Crippen molar-refractivity contribution in [2.75, 3.05) is 0 Å². The summed E-state index contributed by atoms with van der Waals surface area (Å²) in [6.07, 6.45) is 0. The van der Waals surface area contributed by atoms with Gasteiger partial charge in [-0.25, -0.2) is 15.0 Å². The minimum atomic E-state index is -0.598. The van der Waals surface area contributed by atoms with Crippen LogP contribution in [0.3, 0.4) is 0 Å². The Morgan fingerprint density at radius 1 is 0.321 bits per heavy atom. The van der Waals surface area contributed by atoms with Crippen LogP contribution >= 0.6 is 0 Å². The van der Waals surface area contributed by atoms with E-state index >= 15 is 0 Å². The molecule has 260 valence electrons. The standard InChI is InChI=1S/C52H31N3O/c1-2-15-32(16-3-1)49-53-50(33-29-30-47-41(31-33)38-21-9-13-28-46(38)56-47)55-51(54-49)40-23-14-27-45-48(40)39-22-8-12-26-44(39)52(45)42-24-10-6-19-36(42)34-17-4-5-18-35(34)37-20-7-11-25-43(37)52/h1-31H. The van der Waals surface area contributed by atoms with Crippen molar-refractivity contribution in [1.29, 1.82) is 0 Å². The molecule has 56 heavy (non-hydrogen) atoms. The topological polar surface area (TPSA) is 51.8 Å². The predicted octanol–water partition coefficient (Wildman–Crippen LogP) is 12.8. The maximum absolute atomic E-state index is 6.19. The van der Waals surface area contributed by atoms with E-state index in [0.29, 0.717) is 17.5 Å². The molecule has 4 heteroatoms. The van der Waals surface area contributed by atoms with Crippen molar-refractivity contribution < 1.29 is 4.42 Å². The Morgan fingerprint density at radius 2 is 0.821 bits per heavy atom. The van der Waals surface area contributed by atoms with Crippen LogP contribution in [0.15, 0.2) is 192 Å². The van der Waals surface area contributed by atoms with Crippen LogP contribution < -0.4 is 0 Å². The van der Waals surface area contributed by atoms with Gasteiger partial charge < -0.3 is 4.42 Å². The molecule has 12 rings (SSSR count). The van der Waals surface area contributed by atoms with Crippen LogP contribution in [0.5, 0.6) is 0 Å². The van der Waals surface area contributed by atoms with Gasteiger partial charge in [0.25, 0.3) is 0 Å². The molecule has 10 aromatic rings. The zero-order valence-corrected chi connectivity index (χ0v) is 30.1. The molecule has 8 aromatic carbocycles. The van der Waals surface area contributed by atoms with Gasteiger partial charge >= 0.3 is 0 Å². The summed E-state index contributed by atoms with van der Waals surface area (Å²) in [5.74, 6) is 1.87. The molecule has 0 bridgehead atoms. The summed E-state index contributed by atoms with van der Waals surface area (Å²) in [5.41, 5.74) is 16.2. The highest BCUT2D eigenvalue weighted by Crippen LogP contribution is 2.62. The van der Waals surface area contributed by atoms with Gasteiger partial charge in [0.2, 0.25) is 0 Å². The fourth-order valence-electron chi connectivity index (χ4n) is 9.49. The number of rotatable bonds is 3. The summed E-state index contributed by atoms with van der Waals surface area (Å²) in [6.45, 7) is 0. The molecule has 1 spiro atoms. The van der Waals surface area contributed by atoms with Crippen molar-refractivity contribution in [1.82, 2.24) is 15.0 Å². The van der Waals surface area contributed by atoms with E-state index < -0.39 is 5.41 Å². The maximum atomic E-state index is 6.19. The van der Waals surface area contributed by atoms with Crippen LogP contribution in [0, 0.1) is 0 Å². The van der Waals surface area contributed by atoms with Crippen molar-refractivity contribution >= 4 is 21.9 Å².